The third-order valence-electron chi connectivity index (χ3n) is 3.64. The van der Waals surface area contributed by atoms with Crippen LogP contribution in [-0.2, 0) is 4.79 Å². The van der Waals surface area contributed by atoms with Crippen LogP contribution in [0, 0.1) is 6.92 Å². The number of hydrogen-bond donors (Lipinski definition) is 0. The van der Waals surface area contributed by atoms with Gasteiger partial charge in [-0.3, -0.25) is 4.79 Å². The summed E-state index contributed by atoms with van der Waals surface area (Å²) in [5.74, 6) is -2.06. The van der Waals surface area contributed by atoms with Crippen LogP contribution in [0.25, 0.3) is 0 Å². The Morgan fingerprint density at radius 3 is 2.57 bits per heavy atom. The van der Waals surface area contributed by atoms with Crippen molar-refractivity contribution in [1.29, 1.82) is 0 Å². The molecule has 1 fully saturated rings. The van der Waals surface area contributed by atoms with E-state index in [0.29, 0.717) is 26.2 Å². The normalized spacial score (nSPS) is 16.2. The van der Waals surface area contributed by atoms with Crippen molar-refractivity contribution in [2.24, 2.45) is 0 Å². The van der Waals surface area contributed by atoms with Crippen molar-refractivity contribution in [3.05, 3.63) is 23.9 Å². The minimum absolute atomic E-state index is 0.0911. The highest BCUT2D eigenvalue weighted by molar-refractivity contribution is 5.76. The molecule has 4 nitrogen and oxygen atoms in total. The van der Waals surface area contributed by atoms with E-state index in [1.807, 2.05) is 19.1 Å². The molecule has 1 saturated heterocycles. The molecule has 0 aromatic carbocycles. The molecule has 6 heteroatoms. The number of carbonyl (C=O) groups excluding carboxylic acids is 1. The predicted molar refractivity (Wildman–Crippen MR) is 77.6 cm³/mol. The maximum absolute atomic E-state index is 12.8. The van der Waals surface area contributed by atoms with Gasteiger partial charge in [0.05, 0.1) is 0 Å². The molecule has 0 atom stereocenters. The van der Waals surface area contributed by atoms with Crippen LogP contribution in [-0.4, -0.2) is 47.9 Å². The van der Waals surface area contributed by atoms with Gasteiger partial charge >= 0.3 is 0 Å². The van der Waals surface area contributed by atoms with Gasteiger partial charge < -0.3 is 9.80 Å². The monoisotopic (exact) mass is 297 g/mol. The molecule has 0 radical (unpaired) electrons. The minimum atomic E-state index is -2.77. The summed E-state index contributed by atoms with van der Waals surface area (Å²) in [4.78, 5) is 20.0. The summed E-state index contributed by atoms with van der Waals surface area (Å²) in [5, 5.41) is 0. The third-order valence-corrected chi connectivity index (χ3v) is 3.64. The molecule has 2 heterocycles. The summed E-state index contributed by atoms with van der Waals surface area (Å²) in [6.45, 7) is 5.35. The molecule has 21 heavy (non-hydrogen) atoms. The lowest BCUT2D eigenvalue weighted by molar-refractivity contribution is -0.133. The Bertz CT molecular complexity index is 494. The highest BCUT2D eigenvalue weighted by Gasteiger charge is 2.26. The molecule has 0 unspecified atom stereocenters. The molecule has 1 aliphatic rings. The lowest BCUT2D eigenvalue weighted by Gasteiger charge is -2.35. The van der Waals surface area contributed by atoms with E-state index in [-0.39, 0.29) is 18.7 Å². The van der Waals surface area contributed by atoms with Crippen LogP contribution >= 0.6 is 0 Å². The second kappa shape index (κ2) is 6.37. The fraction of sp³-hybridized carbons (Fsp3) is 0.600. The van der Waals surface area contributed by atoms with Crippen molar-refractivity contribution >= 4 is 11.7 Å². The fourth-order valence-corrected chi connectivity index (χ4v) is 2.36. The summed E-state index contributed by atoms with van der Waals surface area (Å²) >= 11 is 0. The van der Waals surface area contributed by atoms with Gasteiger partial charge in [0.25, 0.3) is 0 Å². The molecular formula is C15H21F2N3O. The molecule has 1 amide bonds. The maximum Gasteiger partial charge on any atom is 0.245 e. The van der Waals surface area contributed by atoms with Gasteiger partial charge in [-0.1, -0.05) is 0 Å². The van der Waals surface area contributed by atoms with Crippen molar-refractivity contribution < 1.29 is 13.6 Å². The first kappa shape index (κ1) is 15.7. The van der Waals surface area contributed by atoms with Crippen LogP contribution in [0.5, 0.6) is 0 Å². The summed E-state index contributed by atoms with van der Waals surface area (Å²) in [6, 6.07) is 3.95. The Morgan fingerprint density at radius 2 is 2.00 bits per heavy atom. The van der Waals surface area contributed by atoms with Gasteiger partial charge in [-0.2, -0.15) is 0 Å². The molecule has 0 aliphatic carbocycles. The molecule has 0 bridgehead atoms. The van der Waals surface area contributed by atoms with Crippen LogP contribution in [0.15, 0.2) is 18.3 Å². The van der Waals surface area contributed by atoms with E-state index in [2.05, 4.69) is 9.88 Å². The van der Waals surface area contributed by atoms with Gasteiger partial charge in [0.1, 0.15) is 5.82 Å². The SMILES string of the molecule is Cc1ccnc(N2CCN(C(=O)CCC(C)(F)F)CC2)c1. The average molecular weight is 297 g/mol. The Morgan fingerprint density at radius 1 is 1.33 bits per heavy atom. The van der Waals surface area contributed by atoms with Crippen molar-refractivity contribution in [1.82, 2.24) is 9.88 Å². The fourth-order valence-electron chi connectivity index (χ4n) is 2.36. The maximum atomic E-state index is 12.8. The van der Waals surface area contributed by atoms with Crippen LogP contribution in [0.3, 0.4) is 0 Å². The largest absolute Gasteiger partial charge is 0.353 e. The van der Waals surface area contributed by atoms with Gasteiger partial charge in [0.2, 0.25) is 11.8 Å². The number of halogens is 2. The third kappa shape index (κ3) is 4.65. The highest BCUT2D eigenvalue weighted by Crippen LogP contribution is 2.20. The number of carbonyl (C=O) groups is 1. The quantitative estimate of drug-likeness (QED) is 0.856. The molecule has 2 rings (SSSR count). The van der Waals surface area contributed by atoms with Crippen molar-refractivity contribution in [2.45, 2.75) is 32.6 Å². The molecule has 0 N–H and O–H groups in total. The number of nitrogens with zero attached hydrogens (tertiary/aromatic N) is 3. The molecule has 1 aromatic heterocycles. The number of aromatic nitrogens is 1. The van der Waals surface area contributed by atoms with Crippen LogP contribution in [0.1, 0.15) is 25.3 Å². The first-order chi connectivity index (χ1) is 9.85. The van der Waals surface area contributed by atoms with Gasteiger partial charge in [-0.25, -0.2) is 13.8 Å². The average Bonchev–Trinajstić information content (AvgIpc) is 2.44. The Hall–Kier alpha value is -1.72. The molecule has 116 valence electrons. The second-order valence-corrected chi connectivity index (χ2v) is 5.63. The topological polar surface area (TPSA) is 36.4 Å². The van der Waals surface area contributed by atoms with Crippen LogP contribution < -0.4 is 4.90 Å². The second-order valence-electron chi connectivity index (χ2n) is 5.63. The number of alkyl halides is 2. The lowest BCUT2D eigenvalue weighted by atomic mass is 10.2. The number of pyridine rings is 1. The summed E-state index contributed by atoms with van der Waals surface area (Å²) in [5.41, 5.74) is 1.14. The van der Waals surface area contributed by atoms with Gasteiger partial charge in [-0.15, -0.1) is 0 Å². The molecule has 0 spiro atoms. The highest BCUT2D eigenvalue weighted by atomic mass is 19.3. The zero-order chi connectivity index (χ0) is 15.5. The van der Waals surface area contributed by atoms with E-state index in [0.717, 1.165) is 18.3 Å². The summed E-state index contributed by atoms with van der Waals surface area (Å²) in [7, 11) is 0. The van der Waals surface area contributed by atoms with E-state index >= 15 is 0 Å². The number of rotatable bonds is 4. The van der Waals surface area contributed by atoms with Crippen molar-refractivity contribution in [2.75, 3.05) is 31.1 Å². The van der Waals surface area contributed by atoms with E-state index < -0.39 is 5.92 Å². The zero-order valence-electron chi connectivity index (χ0n) is 12.5. The minimum Gasteiger partial charge on any atom is -0.353 e. The van der Waals surface area contributed by atoms with E-state index in [4.69, 9.17) is 0 Å². The van der Waals surface area contributed by atoms with E-state index in [9.17, 15) is 13.6 Å². The smallest absolute Gasteiger partial charge is 0.245 e. The first-order valence-electron chi connectivity index (χ1n) is 7.18. The van der Waals surface area contributed by atoms with Crippen molar-refractivity contribution in [3.8, 4) is 0 Å². The summed E-state index contributed by atoms with van der Waals surface area (Å²) in [6.07, 6.45) is 1.29. The standard InChI is InChI=1S/C15H21F2N3O/c1-12-4-6-18-13(11-12)19-7-9-20(10-8-19)14(21)3-5-15(2,16)17/h4,6,11H,3,5,7-10H2,1-2H3. The number of anilines is 1. The first-order valence-corrected chi connectivity index (χ1v) is 7.18. The summed E-state index contributed by atoms with van der Waals surface area (Å²) < 4.78 is 25.6. The van der Waals surface area contributed by atoms with E-state index in [1.54, 1.807) is 11.1 Å². The van der Waals surface area contributed by atoms with E-state index in [1.165, 1.54) is 0 Å². The lowest BCUT2D eigenvalue weighted by Crippen LogP contribution is -2.49. The van der Waals surface area contributed by atoms with Crippen molar-refractivity contribution in [3.63, 3.8) is 0 Å². The Kier molecular flexibility index (Phi) is 4.75. The van der Waals surface area contributed by atoms with Gasteiger partial charge in [0.15, 0.2) is 0 Å². The molecule has 1 aromatic rings. The molecule has 0 saturated carbocycles. The van der Waals surface area contributed by atoms with Crippen LogP contribution in [0.4, 0.5) is 14.6 Å². The predicted octanol–water partition coefficient (Wildman–Crippen LogP) is 2.47. The zero-order valence-corrected chi connectivity index (χ0v) is 12.5. The Balaban J connectivity index is 1.84. The number of aryl methyl sites for hydroxylation is 1. The number of amides is 1. The molecular weight excluding hydrogens is 276 g/mol. The Labute approximate surface area is 123 Å². The van der Waals surface area contributed by atoms with Crippen LogP contribution in [0.2, 0.25) is 0 Å². The van der Waals surface area contributed by atoms with Gasteiger partial charge in [-0.05, 0) is 31.5 Å². The van der Waals surface area contributed by atoms with Gasteiger partial charge in [0, 0.05) is 45.2 Å². The number of hydrogen-bond acceptors (Lipinski definition) is 3. The molecule has 1 aliphatic heterocycles. The number of piperazine rings is 1.